The molecule has 0 radical (unpaired) electrons. The lowest BCUT2D eigenvalue weighted by Gasteiger charge is -2.34. The number of para-hydroxylation sites is 1. The molecule has 3 rings (SSSR count). The number of primary amides is 1. The maximum atomic E-state index is 13.4. The minimum absolute atomic E-state index is 0.121. The number of benzene rings is 1. The Morgan fingerprint density at radius 1 is 1.17 bits per heavy atom. The molecule has 0 unspecified atom stereocenters. The van der Waals surface area contributed by atoms with E-state index < -0.39 is 40.2 Å². The van der Waals surface area contributed by atoms with Crippen LogP contribution in [0.3, 0.4) is 0 Å². The van der Waals surface area contributed by atoms with Crippen molar-refractivity contribution in [3.63, 3.8) is 0 Å². The fraction of sp³-hybridized carbons (Fsp3) is 0.400. The second-order valence-corrected chi connectivity index (χ2v) is 7.39. The molecule has 1 heterocycles. The van der Waals surface area contributed by atoms with Gasteiger partial charge in [-0.05, 0) is 31.9 Å². The van der Waals surface area contributed by atoms with Crippen molar-refractivity contribution in [2.24, 2.45) is 5.73 Å². The van der Waals surface area contributed by atoms with Gasteiger partial charge in [-0.3, -0.25) is 14.4 Å². The predicted molar refractivity (Wildman–Crippen MR) is 102 cm³/mol. The summed E-state index contributed by atoms with van der Waals surface area (Å²) in [5, 5.41) is 6.43. The number of aryl methyl sites for hydroxylation is 1. The average molecular weight is 422 g/mol. The van der Waals surface area contributed by atoms with E-state index in [9.17, 15) is 27.6 Å². The number of aromatic nitrogens is 2. The Balaban J connectivity index is 2.06. The highest BCUT2D eigenvalue weighted by Gasteiger charge is 2.40. The highest BCUT2D eigenvalue weighted by atomic mass is 19.4. The van der Waals surface area contributed by atoms with Crippen molar-refractivity contribution in [3.8, 4) is 5.69 Å². The first-order valence-electron chi connectivity index (χ1n) is 9.45. The van der Waals surface area contributed by atoms with Crippen LogP contribution >= 0.6 is 0 Å². The molecule has 0 saturated heterocycles. The van der Waals surface area contributed by atoms with Crippen LogP contribution in [-0.4, -0.2) is 27.1 Å². The van der Waals surface area contributed by atoms with E-state index in [1.165, 1.54) is 25.1 Å². The molecule has 2 amide bonds. The molecule has 30 heavy (non-hydrogen) atoms. The Hall–Kier alpha value is -3.17. The molecule has 0 spiro atoms. The van der Waals surface area contributed by atoms with E-state index in [1.54, 1.807) is 0 Å². The van der Waals surface area contributed by atoms with Crippen molar-refractivity contribution in [1.82, 2.24) is 15.1 Å². The van der Waals surface area contributed by atoms with Crippen LogP contribution < -0.4 is 16.5 Å². The summed E-state index contributed by atoms with van der Waals surface area (Å²) < 4.78 is 41.2. The quantitative estimate of drug-likeness (QED) is 0.789. The number of nitrogens with two attached hydrogens (primary N) is 1. The number of hydrogen-bond donors (Lipinski definition) is 2. The second kappa shape index (κ2) is 7.92. The second-order valence-electron chi connectivity index (χ2n) is 7.39. The van der Waals surface area contributed by atoms with Crippen LogP contribution in [0.15, 0.2) is 35.1 Å². The topological polar surface area (TPSA) is 107 Å². The van der Waals surface area contributed by atoms with Gasteiger partial charge >= 0.3 is 6.18 Å². The highest BCUT2D eigenvalue weighted by molar-refractivity contribution is 5.97. The Bertz CT molecular complexity index is 1040. The number of hydrogen-bond acceptors (Lipinski definition) is 4. The lowest BCUT2D eigenvalue weighted by Crippen LogP contribution is -2.59. The van der Waals surface area contributed by atoms with E-state index in [2.05, 4.69) is 10.4 Å². The van der Waals surface area contributed by atoms with Crippen molar-refractivity contribution in [3.05, 3.63) is 57.5 Å². The Kier molecular flexibility index (Phi) is 5.69. The molecule has 0 aliphatic heterocycles. The molecule has 3 N–H and O–H groups in total. The van der Waals surface area contributed by atoms with E-state index in [4.69, 9.17) is 5.73 Å². The van der Waals surface area contributed by atoms with Gasteiger partial charge in [-0.1, -0.05) is 31.4 Å². The summed E-state index contributed by atoms with van der Waals surface area (Å²) in [5.74, 6) is -1.66. The maximum Gasteiger partial charge on any atom is 0.418 e. The third-order valence-corrected chi connectivity index (χ3v) is 5.29. The largest absolute Gasteiger partial charge is 0.418 e. The molecule has 1 aromatic carbocycles. The van der Waals surface area contributed by atoms with Crippen LogP contribution in [-0.2, 0) is 11.0 Å². The van der Waals surface area contributed by atoms with Crippen LogP contribution in [0.2, 0.25) is 0 Å². The highest BCUT2D eigenvalue weighted by Crippen LogP contribution is 2.33. The van der Waals surface area contributed by atoms with Crippen molar-refractivity contribution in [2.75, 3.05) is 0 Å². The first-order chi connectivity index (χ1) is 14.0. The van der Waals surface area contributed by atoms with Crippen molar-refractivity contribution >= 4 is 11.8 Å². The number of carbonyl (C=O) groups is 2. The van der Waals surface area contributed by atoms with E-state index in [-0.39, 0.29) is 11.4 Å². The number of amides is 2. The van der Waals surface area contributed by atoms with Gasteiger partial charge in [-0.2, -0.15) is 18.3 Å². The lowest BCUT2D eigenvalue weighted by molar-refractivity contribution is -0.137. The first kappa shape index (κ1) is 21.5. The predicted octanol–water partition coefficient (Wildman–Crippen LogP) is 2.48. The summed E-state index contributed by atoms with van der Waals surface area (Å²) in [4.78, 5) is 37.2. The maximum absolute atomic E-state index is 13.4. The van der Waals surface area contributed by atoms with E-state index in [0.29, 0.717) is 25.7 Å². The molecule has 1 aromatic heterocycles. The number of nitrogens with zero attached hydrogens (tertiary/aromatic N) is 2. The zero-order valence-electron chi connectivity index (χ0n) is 16.3. The van der Waals surface area contributed by atoms with E-state index in [0.717, 1.165) is 23.2 Å². The van der Waals surface area contributed by atoms with Crippen LogP contribution in [0.25, 0.3) is 5.69 Å². The Morgan fingerprint density at radius 2 is 1.80 bits per heavy atom. The summed E-state index contributed by atoms with van der Waals surface area (Å²) in [7, 11) is 0. The van der Waals surface area contributed by atoms with Crippen molar-refractivity contribution in [1.29, 1.82) is 0 Å². The molecule has 1 fully saturated rings. The summed E-state index contributed by atoms with van der Waals surface area (Å²) in [6.45, 7) is 1.41. The van der Waals surface area contributed by atoms with Gasteiger partial charge in [-0.25, -0.2) is 4.68 Å². The van der Waals surface area contributed by atoms with Gasteiger partial charge in [0.1, 0.15) is 5.54 Å². The Morgan fingerprint density at radius 3 is 2.40 bits per heavy atom. The standard InChI is InChI=1S/C20H21F3N4O3/c1-12-11-15(28)16(17(29)25-19(18(24)30)9-5-2-6-10-19)26-27(12)14-8-4-3-7-13(14)20(21,22)23/h3-4,7-8,11H,2,5-6,9-10H2,1H3,(H2,24,30)(H,25,29). The van der Waals surface area contributed by atoms with Gasteiger partial charge in [0.2, 0.25) is 11.3 Å². The van der Waals surface area contributed by atoms with E-state index >= 15 is 0 Å². The zero-order valence-corrected chi connectivity index (χ0v) is 16.3. The smallest absolute Gasteiger partial charge is 0.368 e. The average Bonchev–Trinajstić information content (AvgIpc) is 2.68. The normalized spacial score (nSPS) is 16.1. The number of alkyl halides is 3. The minimum atomic E-state index is -4.66. The molecule has 0 bridgehead atoms. The van der Waals surface area contributed by atoms with Crippen molar-refractivity contribution < 1.29 is 22.8 Å². The van der Waals surface area contributed by atoms with Gasteiger partial charge in [0.05, 0.1) is 11.3 Å². The first-order valence-corrected chi connectivity index (χ1v) is 9.45. The molecule has 1 aliphatic rings. The third-order valence-electron chi connectivity index (χ3n) is 5.29. The monoisotopic (exact) mass is 422 g/mol. The van der Waals surface area contributed by atoms with Gasteiger partial charge < -0.3 is 11.1 Å². The zero-order chi connectivity index (χ0) is 22.1. The van der Waals surface area contributed by atoms with E-state index in [1.807, 2.05) is 0 Å². The Labute approximate surface area is 170 Å². The minimum Gasteiger partial charge on any atom is -0.368 e. The summed E-state index contributed by atoms with van der Waals surface area (Å²) in [6.07, 6.45) is -1.78. The van der Waals surface area contributed by atoms with Crippen LogP contribution in [0.4, 0.5) is 13.2 Å². The van der Waals surface area contributed by atoms with Crippen molar-refractivity contribution in [2.45, 2.75) is 50.7 Å². The molecule has 160 valence electrons. The lowest BCUT2D eigenvalue weighted by atomic mass is 9.81. The fourth-order valence-electron chi connectivity index (χ4n) is 3.71. The molecule has 0 atom stereocenters. The molecular weight excluding hydrogens is 401 g/mol. The number of nitrogens with one attached hydrogen (secondary N) is 1. The molecular formula is C20H21F3N4O3. The summed E-state index contributed by atoms with van der Waals surface area (Å²) in [5.41, 5.74) is 1.66. The summed E-state index contributed by atoms with van der Waals surface area (Å²) in [6, 6.07) is 5.75. The molecule has 2 aromatic rings. The van der Waals surface area contributed by atoms with Gasteiger partial charge in [0, 0.05) is 11.8 Å². The van der Waals surface area contributed by atoms with Gasteiger partial charge in [0.25, 0.3) is 5.91 Å². The summed E-state index contributed by atoms with van der Waals surface area (Å²) >= 11 is 0. The molecule has 1 saturated carbocycles. The van der Waals surface area contributed by atoms with Crippen LogP contribution in [0.5, 0.6) is 0 Å². The van der Waals surface area contributed by atoms with Gasteiger partial charge in [-0.15, -0.1) is 0 Å². The number of rotatable bonds is 4. The molecule has 10 heteroatoms. The molecule has 7 nitrogen and oxygen atoms in total. The number of halogens is 3. The van der Waals surface area contributed by atoms with Crippen LogP contribution in [0, 0.1) is 6.92 Å². The number of carbonyl (C=O) groups excluding carboxylic acids is 2. The fourth-order valence-corrected chi connectivity index (χ4v) is 3.71. The van der Waals surface area contributed by atoms with Gasteiger partial charge in [0.15, 0.2) is 5.69 Å². The SMILES string of the molecule is Cc1cc(=O)c(C(=O)NC2(C(N)=O)CCCCC2)nn1-c1ccccc1C(F)(F)F. The van der Waals surface area contributed by atoms with Crippen LogP contribution in [0.1, 0.15) is 53.8 Å². The third kappa shape index (κ3) is 4.07. The molecule has 1 aliphatic carbocycles.